The molecule has 0 spiro atoms. The molecule has 0 bridgehead atoms. The highest BCUT2D eigenvalue weighted by Crippen LogP contribution is 2.40. The monoisotopic (exact) mass is 492 g/mol. The van der Waals surface area contributed by atoms with Crippen LogP contribution in [-0.2, 0) is 4.79 Å². The van der Waals surface area contributed by atoms with Gasteiger partial charge in [-0.05, 0) is 90.4 Å². The van der Waals surface area contributed by atoms with Crippen molar-refractivity contribution in [2.45, 2.75) is 38.0 Å². The van der Waals surface area contributed by atoms with Gasteiger partial charge in [-0.25, -0.2) is 4.98 Å². The van der Waals surface area contributed by atoms with Crippen LogP contribution in [0.5, 0.6) is 0 Å². The van der Waals surface area contributed by atoms with Gasteiger partial charge in [-0.3, -0.25) is 4.79 Å². The van der Waals surface area contributed by atoms with E-state index in [-0.39, 0.29) is 5.41 Å². The molecule has 1 atom stereocenters. The second-order valence-corrected chi connectivity index (χ2v) is 10.3. The van der Waals surface area contributed by atoms with Crippen molar-refractivity contribution in [3.63, 3.8) is 0 Å². The Labute approximate surface area is 213 Å². The zero-order chi connectivity index (χ0) is 25.7. The number of aldehydes is 2. The summed E-state index contributed by atoms with van der Waals surface area (Å²) in [6, 6.07) is 6.71. The first-order valence-corrected chi connectivity index (χ1v) is 13.1. The molecule has 4 N–H and O–H groups in total. The highest BCUT2D eigenvalue weighted by Gasteiger charge is 2.36. The SMILES string of the molecule is CN.CNCCC1(C=O)CCCN(c2ncc(C=O)c3[nH]c4cc(C5CCN(C)CC5)ccc4c23)C1. The first-order valence-electron chi connectivity index (χ1n) is 13.1. The molecule has 0 radical (unpaired) electrons. The number of hydrogen-bond donors (Lipinski definition) is 3. The smallest absolute Gasteiger partial charge is 0.153 e. The lowest BCUT2D eigenvalue weighted by Gasteiger charge is -2.40. The lowest BCUT2D eigenvalue weighted by atomic mass is 9.78. The third kappa shape index (κ3) is 5.03. The molecule has 36 heavy (non-hydrogen) atoms. The van der Waals surface area contributed by atoms with Crippen molar-refractivity contribution in [3.05, 3.63) is 35.5 Å². The fourth-order valence-corrected chi connectivity index (χ4v) is 5.92. The summed E-state index contributed by atoms with van der Waals surface area (Å²) in [5.74, 6) is 1.44. The number of likely N-dealkylation sites (tertiary alicyclic amines) is 1. The molecule has 8 nitrogen and oxygen atoms in total. The molecule has 0 aliphatic carbocycles. The molecule has 1 aromatic carbocycles. The van der Waals surface area contributed by atoms with Crippen LogP contribution in [0.3, 0.4) is 0 Å². The van der Waals surface area contributed by atoms with E-state index in [1.165, 1.54) is 25.5 Å². The first kappa shape index (κ1) is 26.3. The molecule has 0 saturated carbocycles. The van der Waals surface area contributed by atoms with Gasteiger partial charge in [0, 0.05) is 35.6 Å². The molecule has 3 aromatic rings. The summed E-state index contributed by atoms with van der Waals surface area (Å²) < 4.78 is 0. The van der Waals surface area contributed by atoms with Crippen molar-refractivity contribution >= 4 is 40.2 Å². The summed E-state index contributed by atoms with van der Waals surface area (Å²) in [4.78, 5) is 37.0. The van der Waals surface area contributed by atoms with E-state index in [2.05, 4.69) is 51.1 Å². The highest BCUT2D eigenvalue weighted by atomic mass is 16.1. The average Bonchev–Trinajstić information content (AvgIpc) is 3.32. The minimum absolute atomic E-state index is 0.369. The quantitative estimate of drug-likeness (QED) is 0.434. The van der Waals surface area contributed by atoms with E-state index >= 15 is 0 Å². The third-order valence-corrected chi connectivity index (χ3v) is 8.01. The number of fused-ring (bicyclic) bond motifs is 3. The number of benzene rings is 1. The number of nitrogens with one attached hydrogen (secondary N) is 2. The summed E-state index contributed by atoms with van der Waals surface area (Å²) in [5, 5.41) is 5.27. The number of rotatable bonds is 7. The number of piperidine rings is 2. The van der Waals surface area contributed by atoms with E-state index < -0.39 is 0 Å². The van der Waals surface area contributed by atoms with E-state index in [1.807, 2.05) is 7.05 Å². The van der Waals surface area contributed by atoms with Gasteiger partial charge < -0.3 is 30.6 Å². The normalized spacial score (nSPS) is 21.4. The number of nitrogens with zero attached hydrogens (tertiary/aromatic N) is 3. The molecule has 1 unspecified atom stereocenters. The summed E-state index contributed by atoms with van der Waals surface area (Å²) in [6.45, 7) is 4.57. The van der Waals surface area contributed by atoms with Crippen molar-refractivity contribution in [2.75, 3.05) is 58.8 Å². The van der Waals surface area contributed by atoms with E-state index in [0.717, 1.165) is 85.6 Å². The number of carbonyl (C=O) groups is 2. The van der Waals surface area contributed by atoms with Crippen molar-refractivity contribution in [1.82, 2.24) is 20.2 Å². The molecule has 2 aliphatic heterocycles. The maximum atomic E-state index is 12.2. The van der Waals surface area contributed by atoms with Crippen LogP contribution in [0.25, 0.3) is 21.8 Å². The summed E-state index contributed by atoms with van der Waals surface area (Å²) >= 11 is 0. The van der Waals surface area contributed by atoms with E-state index in [0.29, 0.717) is 18.0 Å². The molecule has 0 amide bonds. The predicted octanol–water partition coefficient (Wildman–Crippen LogP) is 3.31. The zero-order valence-electron chi connectivity index (χ0n) is 21.8. The number of carbonyl (C=O) groups excluding carboxylic acids is 2. The predicted molar refractivity (Wildman–Crippen MR) is 147 cm³/mol. The van der Waals surface area contributed by atoms with Crippen molar-refractivity contribution in [3.8, 4) is 0 Å². The fraction of sp³-hybridized carbons (Fsp3) is 0.536. The Kier molecular flexibility index (Phi) is 8.39. The Bertz CT molecular complexity index is 1200. The Hall–Kier alpha value is -2.81. The van der Waals surface area contributed by atoms with E-state index in [1.54, 1.807) is 6.20 Å². The Morgan fingerprint density at radius 1 is 1.22 bits per heavy atom. The molecule has 4 heterocycles. The highest BCUT2D eigenvalue weighted by molar-refractivity contribution is 6.16. The van der Waals surface area contributed by atoms with Crippen molar-refractivity contribution in [2.24, 2.45) is 11.1 Å². The van der Waals surface area contributed by atoms with Crippen LogP contribution in [0.4, 0.5) is 5.82 Å². The number of anilines is 1. The van der Waals surface area contributed by atoms with Crippen LogP contribution in [0.1, 0.15) is 53.9 Å². The van der Waals surface area contributed by atoms with Gasteiger partial charge in [0.05, 0.1) is 16.5 Å². The molecule has 2 aliphatic rings. The van der Waals surface area contributed by atoms with Crippen LogP contribution >= 0.6 is 0 Å². The Morgan fingerprint density at radius 2 is 2.00 bits per heavy atom. The molecule has 194 valence electrons. The Morgan fingerprint density at radius 3 is 2.69 bits per heavy atom. The molecular formula is C28H40N6O2. The number of hydrogen-bond acceptors (Lipinski definition) is 7. The lowest BCUT2D eigenvalue weighted by molar-refractivity contribution is -0.117. The van der Waals surface area contributed by atoms with Gasteiger partial charge in [-0.1, -0.05) is 12.1 Å². The topological polar surface area (TPSA) is 107 Å². The van der Waals surface area contributed by atoms with Crippen LogP contribution in [0, 0.1) is 5.41 Å². The Balaban J connectivity index is 0.00000148. The minimum Gasteiger partial charge on any atom is -0.355 e. The maximum absolute atomic E-state index is 12.2. The summed E-state index contributed by atoms with van der Waals surface area (Å²) in [5.41, 5.74) is 7.96. The van der Waals surface area contributed by atoms with Crippen LogP contribution < -0.4 is 16.0 Å². The average molecular weight is 493 g/mol. The van der Waals surface area contributed by atoms with Crippen molar-refractivity contribution in [1.29, 1.82) is 0 Å². The van der Waals surface area contributed by atoms with Crippen LogP contribution in [0.15, 0.2) is 24.4 Å². The minimum atomic E-state index is -0.369. The summed E-state index contributed by atoms with van der Waals surface area (Å²) in [7, 11) is 5.61. The van der Waals surface area contributed by atoms with Crippen LogP contribution in [-0.4, -0.2) is 81.3 Å². The molecular weight excluding hydrogens is 452 g/mol. The second-order valence-electron chi connectivity index (χ2n) is 10.3. The number of aromatic amines is 1. The maximum Gasteiger partial charge on any atom is 0.153 e. The molecule has 2 saturated heterocycles. The third-order valence-electron chi connectivity index (χ3n) is 8.01. The molecule has 5 rings (SSSR count). The molecule has 2 fully saturated rings. The van der Waals surface area contributed by atoms with Gasteiger partial charge in [-0.15, -0.1) is 0 Å². The molecule has 2 aromatic heterocycles. The largest absolute Gasteiger partial charge is 0.355 e. The second kappa shape index (κ2) is 11.5. The first-order chi connectivity index (χ1) is 17.6. The van der Waals surface area contributed by atoms with Gasteiger partial charge in [0.2, 0.25) is 0 Å². The van der Waals surface area contributed by atoms with E-state index in [4.69, 9.17) is 4.98 Å². The van der Waals surface area contributed by atoms with Gasteiger partial charge in [0.25, 0.3) is 0 Å². The number of pyridine rings is 1. The fourth-order valence-electron chi connectivity index (χ4n) is 5.92. The van der Waals surface area contributed by atoms with Gasteiger partial charge in [0.1, 0.15) is 12.1 Å². The van der Waals surface area contributed by atoms with Gasteiger partial charge in [-0.2, -0.15) is 0 Å². The summed E-state index contributed by atoms with van der Waals surface area (Å²) in [6.07, 6.45) is 8.70. The van der Waals surface area contributed by atoms with Crippen LogP contribution in [0.2, 0.25) is 0 Å². The number of H-pyrrole nitrogens is 1. The number of aromatic nitrogens is 2. The lowest BCUT2D eigenvalue weighted by Crippen LogP contribution is -2.46. The standard InChI is InChI=1S/C27H35N5O2.CH5N/c1-28-10-9-27(18-34)8-3-11-32(17-27)26-24-22-5-4-20(19-6-12-31(2)13-7-19)14-23(22)30-25(24)21(16-33)15-29-26;1-2/h4-5,14-16,18-19,28,30H,3,6-13,17H2,1-2H3;2H2,1H3. The number of nitrogens with two attached hydrogens (primary N) is 1. The van der Waals surface area contributed by atoms with Crippen molar-refractivity contribution < 1.29 is 9.59 Å². The molecule has 8 heteroatoms. The zero-order valence-corrected chi connectivity index (χ0v) is 21.8. The van der Waals surface area contributed by atoms with Gasteiger partial charge in [0.15, 0.2) is 6.29 Å². The van der Waals surface area contributed by atoms with Gasteiger partial charge >= 0.3 is 0 Å². The van der Waals surface area contributed by atoms with E-state index in [9.17, 15) is 9.59 Å².